The molecule has 0 radical (unpaired) electrons. The molecule has 1 amide bonds. The van der Waals surface area contributed by atoms with E-state index in [0.29, 0.717) is 35.4 Å². The number of rotatable bonds is 8. The Hall–Kier alpha value is -3.30. The van der Waals surface area contributed by atoms with Crippen molar-refractivity contribution in [2.75, 3.05) is 0 Å². The zero-order valence-electron chi connectivity index (χ0n) is 17.5. The van der Waals surface area contributed by atoms with Crippen LogP contribution in [0.5, 0.6) is 0 Å². The smallest absolute Gasteiger partial charge is 0.266 e. The summed E-state index contributed by atoms with van der Waals surface area (Å²) in [5.74, 6) is -0.284. The normalized spacial score (nSPS) is 11.1. The number of halogens is 1. The molecule has 0 atom stereocenters. The lowest BCUT2D eigenvalue weighted by atomic mass is 10.1. The summed E-state index contributed by atoms with van der Waals surface area (Å²) in [5.41, 5.74) is 3.21. The number of hydrogen-bond donors (Lipinski definition) is 1. The molecule has 2 heterocycles. The Labute approximate surface area is 193 Å². The summed E-state index contributed by atoms with van der Waals surface area (Å²) in [6.45, 7) is 1.17. The molecule has 164 valence electrons. The molecule has 0 aliphatic rings. The van der Waals surface area contributed by atoms with Crippen molar-refractivity contribution in [3.63, 3.8) is 0 Å². The molecule has 32 heavy (non-hydrogen) atoms. The highest BCUT2D eigenvalue weighted by molar-refractivity contribution is 9.10. The molecule has 0 unspecified atom stereocenters. The summed E-state index contributed by atoms with van der Waals surface area (Å²) >= 11 is 3.28. The van der Waals surface area contributed by atoms with E-state index in [9.17, 15) is 9.59 Å². The Balaban J connectivity index is 1.37. The SMILES string of the molecule is Cn1nc(Br)c2c(=O)n(CC(=O)NCc3ccccc3COCc3ccccc3)cnc21. The van der Waals surface area contributed by atoms with Crippen LogP contribution in [0, 0.1) is 0 Å². The molecular formula is C23H22BrN5O3. The molecule has 9 heteroatoms. The van der Waals surface area contributed by atoms with Crippen molar-refractivity contribution >= 4 is 32.9 Å². The van der Waals surface area contributed by atoms with Crippen LogP contribution in [-0.4, -0.2) is 25.2 Å². The van der Waals surface area contributed by atoms with E-state index >= 15 is 0 Å². The van der Waals surface area contributed by atoms with Gasteiger partial charge in [0.1, 0.15) is 22.9 Å². The van der Waals surface area contributed by atoms with Crippen LogP contribution < -0.4 is 10.9 Å². The minimum Gasteiger partial charge on any atom is -0.372 e. The summed E-state index contributed by atoms with van der Waals surface area (Å²) < 4.78 is 9.04. The number of nitrogens with zero attached hydrogens (tertiary/aromatic N) is 4. The molecule has 2 aromatic heterocycles. The molecule has 0 spiro atoms. The first-order valence-corrected chi connectivity index (χ1v) is 10.8. The molecule has 0 fully saturated rings. The van der Waals surface area contributed by atoms with Crippen molar-refractivity contribution in [1.29, 1.82) is 0 Å². The van der Waals surface area contributed by atoms with Crippen molar-refractivity contribution < 1.29 is 9.53 Å². The molecule has 2 aromatic carbocycles. The molecule has 0 aliphatic carbocycles. The maximum absolute atomic E-state index is 12.7. The number of nitrogens with one attached hydrogen (secondary N) is 1. The molecule has 0 bridgehead atoms. The highest BCUT2D eigenvalue weighted by Crippen LogP contribution is 2.16. The van der Waals surface area contributed by atoms with E-state index in [4.69, 9.17) is 4.74 Å². The lowest BCUT2D eigenvalue weighted by Gasteiger charge is -2.12. The zero-order valence-corrected chi connectivity index (χ0v) is 19.1. The first-order valence-electron chi connectivity index (χ1n) is 10.1. The number of ether oxygens (including phenoxy) is 1. The summed E-state index contributed by atoms with van der Waals surface area (Å²) in [6, 6.07) is 17.8. The molecule has 4 aromatic rings. The van der Waals surface area contributed by atoms with Crippen LogP contribution in [0.25, 0.3) is 11.0 Å². The Kier molecular flexibility index (Phi) is 6.77. The van der Waals surface area contributed by atoms with Crippen LogP contribution in [0.15, 0.2) is 70.3 Å². The number of aromatic nitrogens is 4. The quantitative estimate of drug-likeness (QED) is 0.405. The standard InChI is InChI=1S/C23H22BrN5O3/c1-28-22-20(21(24)27-28)23(31)29(15-26-22)12-19(30)25-11-17-9-5-6-10-18(17)14-32-13-16-7-3-2-4-8-16/h2-10,15H,11-14H2,1H3,(H,25,30). The number of aryl methyl sites for hydroxylation is 1. The predicted octanol–water partition coefficient (Wildman–Crippen LogP) is 2.93. The van der Waals surface area contributed by atoms with Crippen molar-refractivity contribution in [3.8, 4) is 0 Å². The molecule has 1 N–H and O–H groups in total. The molecule has 0 saturated heterocycles. The Morgan fingerprint density at radius 2 is 1.78 bits per heavy atom. The molecule has 0 saturated carbocycles. The van der Waals surface area contributed by atoms with Gasteiger partial charge in [-0.3, -0.25) is 14.2 Å². The maximum atomic E-state index is 12.7. The maximum Gasteiger partial charge on any atom is 0.266 e. The number of hydrogen-bond acceptors (Lipinski definition) is 5. The van der Waals surface area contributed by atoms with Gasteiger partial charge in [-0.15, -0.1) is 0 Å². The minimum absolute atomic E-state index is 0.129. The number of fused-ring (bicyclic) bond motifs is 1. The van der Waals surface area contributed by atoms with E-state index in [1.165, 1.54) is 15.6 Å². The van der Waals surface area contributed by atoms with E-state index < -0.39 is 0 Å². The summed E-state index contributed by atoms with van der Waals surface area (Å²) in [5, 5.41) is 7.37. The highest BCUT2D eigenvalue weighted by atomic mass is 79.9. The van der Waals surface area contributed by atoms with Gasteiger partial charge in [-0.25, -0.2) is 9.67 Å². The van der Waals surface area contributed by atoms with E-state index in [-0.39, 0.29) is 18.0 Å². The number of amides is 1. The zero-order chi connectivity index (χ0) is 22.5. The molecule has 0 aliphatic heterocycles. The minimum atomic E-state index is -0.320. The van der Waals surface area contributed by atoms with Crippen molar-refractivity contribution in [3.05, 3.63) is 92.6 Å². The van der Waals surface area contributed by atoms with Crippen LogP contribution in [0.3, 0.4) is 0 Å². The fourth-order valence-electron chi connectivity index (χ4n) is 3.38. The second-order valence-corrected chi connectivity index (χ2v) is 8.07. The van der Waals surface area contributed by atoms with Gasteiger partial charge in [0.15, 0.2) is 5.65 Å². The third-order valence-corrected chi connectivity index (χ3v) is 5.60. The van der Waals surface area contributed by atoms with Crippen LogP contribution >= 0.6 is 15.9 Å². The van der Waals surface area contributed by atoms with Gasteiger partial charge >= 0.3 is 0 Å². The molecule has 4 rings (SSSR count). The van der Waals surface area contributed by atoms with Crippen LogP contribution in [-0.2, 0) is 42.9 Å². The fraction of sp³-hybridized carbons (Fsp3) is 0.217. The lowest BCUT2D eigenvalue weighted by Crippen LogP contribution is -2.32. The van der Waals surface area contributed by atoms with E-state index in [1.807, 2.05) is 54.6 Å². The van der Waals surface area contributed by atoms with Gasteiger partial charge in [0.25, 0.3) is 5.56 Å². The van der Waals surface area contributed by atoms with Crippen molar-refractivity contribution in [1.82, 2.24) is 24.6 Å². The van der Waals surface area contributed by atoms with E-state index in [2.05, 4.69) is 31.3 Å². The van der Waals surface area contributed by atoms with E-state index in [1.54, 1.807) is 7.05 Å². The predicted molar refractivity (Wildman–Crippen MR) is 124 cm³/mol. The van der Waals surface area contributed by atoms with Gasteiger partial charge in [0.2, 0.25) is 5.91 Å². The Bertz CT molecular complexity index is 1300. The van der Waals surface area contributed by atoms with Gasteiger partial charge in [-0.1, -0.05) is 54.6 Å². The summed E-state index contributed by atoms with van der Waals surface area (Å²) in [7, 11) is 1.71. The van der Waals surface area contributed by atoms with Crippen LogP contribution in [0.1, 0.15) is 16.7 Å². The average molecular weight is 496 g/mol. The molecule has 8 nitrogen and oxygen atoms in total. The Morgan fingerprint density at radius 3 is 2.56 bits per heavy atom. The Morgan fingerprint density at radius 1 is 1.06 bits per heavy atom. The van der Waals surface area contributed by atoms with Gasteiger partial charge in [-0.2, -0.15) is 5.10 Å². The second-order valence-electron chi connectivity index (χ2n) is 7.31. The van der Waals surface area contributed by atoms with Crippen LogP contribution in [0.2, 0.25) is 0 Å². The van der Waals surface area contributed by atoms with Gasteiger partial charge in [-0.05, 0) is 32.6 Å². The average Bonchev–Trinajstić information content (AvgIpc) is 3.09. The first kappa shape index (κ1) is 21.9. The topological polar surface area (TPSA) is 91.0 Å². The summed E-state index contributed by atoms with van der Waals surface area (Å²) in [6.07, 6.45) is 1.36. The largest absolute Gasteiger partial charge is 0.372 e. The number of carbonyl (C=O) groups excluding carboxylic acids is 1. The lowest BCUT2D eigenvalue weighted by molar-refractivity contribution is -0.121. The van der Waals surface area contributed by atoms with Crippen molar-refractivity contribution in [2.24, 2.45) is 7.05 Å². The second kappa shape index (κ2) is 9.88. The summed E-state index contributed by atoms with van der Waals surface area (Å²) in [4.78, 5) is 29.5. The number of carbonyl (C=O) groups is 1. The van der Waals surface area contributed by atoms with Gasteiger partial charge in [0.05, 0.1) is 13.2 Å². The fourth-order valence-corrected chi connectivity index (χ4v) is 3.96. The third kappa shape index (κ3) is 4.95. The third-order valence-electron chi connectivity index (χ3n) is 5.05. The van der Waals surface area contributed by atoms with E-state index in [0.717, 1.165) is 16.7 Å². The highest BCUT2D eigenvalue weighted by Gasteiger charge is 2.15. The van der Waals surface area contributed by atoms with Gasteiger partial charge < -0.3 is 10.1 Å². The monoisotopic (exact) mass is 495 g/mol. The number of benzene rings is 2. The first-order chi connectivity index (χ1) is 15.5. The molecular weight excluding hydrogens is 474 g/mol. The van der Waals surface area contributed by atoms with Crippen LogP contribution in [0.4, 0.5) is 0 Å². The van der Waals surface area contributed by atoms with Crippen molar-refractivity contribution in [2.45, 2.75) is 26.3 Å². The van der Waals surface area contributed by atoms with Gasteiger partial charge in [0, 0.05) is 13.6 Å².